The molecule has 4 nitrogen and oxygen atoms in total. The van der Waals surface area contributed by atoms with Gasteiger partial charge in [0.2, 0.25) is 0 Å². The molecule has 104 valence electrons. The first kappa shape index (κ1) is 13.7. The van der Waals surface area contributed by atoms with Gasteiger partial charge in [-0.1, -0.05) is 6.07 Å². The Bertz CT molecular complexity index is 474. The minimum Gasteiger partial charge on any atom is -0.392 e. The number of carbonyl (C=O) groups excluding carboxylic acids is 1. The van der Waals surface area contributed by atoms with E-state index in [4.69, 9.17) is 5.11 Å². The predicted octanol–water partition coefficient (Wildman–Crippen LogP) is 1.45. The van der Waals surface area contributed by atoms with Crippen molar-refractivity contribution in [3.05, 3.63) is 35.4 Å². The minimum absolute atomic E-state index is 0.0346. The van der Waals surface area contributed by atoms with Gasteiger partial charge in [0.25, 0.3) is 0 Å². The number of aliphatic hydroxyl groups is 1. The van der Waals surface area contributed by atoms with E-state index in [1.54, 1.807) is 11.8 Å². The Morgan fingerprint density at radius 2 is 2.16 bits per heavy atom. The van der Waals surface area contributed by atoms with Crippen molar-refractivity contribution >= 4 is 6.03 Å². The molecule has 0 aromatic heterocycles. The van der Waals surface area contributed by atoms with Crippen LogP contribution in [0.25, 0.3) is 0 Å². The van der Waals surface area contributed by atoms with Gasteiger partial charge in [0.1, 0.15) is 0 Å². The molecule has 1 fully saturated rings. The summed E-state index contributed by atoms with van der Waals surface area (Å²) in [5.41, 5.74) is 0.693. The molecule has 1 saturated heterocycles. The molecule has 0 saturated carbocycles. The fraction of sp³-hybridized carbons (Fsp3) is 0.462. The lowest BCUT2D eigenvalue weighted by molar-refractivity contribution is 0.141. The van der Waals surface area contributed by atoms with Crippen molar-refractivity contribution in [3.63, 3.8) is 0 Å². The molecule has 6 heteroatoms. The van der Waals surface area contributed by atoms with Crippen LogP contribution in [0.2, 0.25) is 0 Å². The number of benzene rings is 1. The third-order valence-electron chi connectivity index (χ3n) is 3.13. The fourth-order valence-corrected chi connectivity index (χ4v) is 1.97. The molecule has 2 N–H and O–H groups in total. The van der Waals surface area contributed by atoms with E-state index in [2.05, 4.69) is 5.32 Å². The van der Waals surface area contributed by atoms with Crippen LogP contribution in [-0.4, -0.2) is 41.8 Å². The topological polar surface area (TPSA) is 52.6 Å². The first-order valence-electron chi connectivity index (χ1n) is 6.13. The minimum atomic E-state index is -0.866. The molecule has 1 aliphatic rings. The van der Waals surface area contributed by atoms with Crippen LogP contribution >= 0.6 is 0 Å². The third-order valence-corrected chi connectivity index (χ3v) is 3.13. The number of likely N-dealkylation sites (tertiary alicyclic amines) is 1. The lowest BCUT2D eigenvalue weighted by Crippen LogP contribution is -2.53. The summed E-state index contributed by atoms with van der Waals surface area (Å²) in [6.07, 6.45) is -0.591. The third kappa shape index (κ3) is 3.20. The van der Waals surface area contributed by atoms with Gasteiger partial charge >= 0.3 is 6.03 Å². The number of urea groups is 1. The highest BCUT2D eigenvalue weighted by molar-refractivity contribution is 5.75. The van der Waals surface area contributed by atoms with Crippen LogP contribution in [0.4, 0.5) is 13.6 Å². The summed E-state index contributed by atoms with van der Waals surface area (Å²) >= 11 is 0. The van der Waals surface area contributed by atoms with E-state index in [-0.39, 0.29) is 18.5 Å². The normalized spacial score (nSPS) is 16.9. The molecule has 1 aromatic carbocycles. The number of amides is 2. The Labute approximate surface area is 110 Å². The Balaban J connectivity index is 1.85. The van der Waals surface area contributed by atoms with Crippen LogP contribution in [-0.2, 0) is 0 Å². The molecule has 1 aliphatic heterocycles. The van der Waals surface area contributed by atoms with Gasteiger partial charge in [-0.2, -0.15) is 0 Å². The van der Waals surface area contributed by atoms with E-state index in [0.717, 1.165) is 6.07 Å². The standard InChI is InChI=1S/C13H16F2N2O2/c1-8(18)5-16-13(19)17-6-10(7-17)9-2-3-11(14)12(15)4-9/h2-4,8,10,18H,5-7H2,1H3,(H,16,19). The first-order chi connectivity index (χ1) is 8.97. The lowest BCUT2D eigenvalue weighted by atomic mass is 9.92. The number of nitrogens with one attached hydrogen (secondary N) is 1. The number of halogens is 2. The summed E-state index contributed by atoms with van der Waals surface area (Å²) < 4.78 is 25.9. The summed E-state index contributed by atoms with van der Waals surface area (Å²) in [6.45, 7) is 2.72. The smallest absolute Gasteiger partial charge is 0.317 e. The fourth-order valence-electron chi connectivity index (χ4n) is 1.97. The quantitative estimate of drug-likeness (QED) is 0.873. The van der Waals surface area contributed by atoms with Crippen LogP contribution < -0.4 is 5.32 Å². The predicted molar refractivity (Wildman–Crippen MR) is 65.8 cm³/mol. The number of rotatable bonds is 3. The second-order valence-electron chi connectivity index (χ2n) is 4.81. The van der Waals surface area contributed by atoms with E-state index >= 15 is 0 Å². The Kier molecular flexibility index (Phi) is 3.99. The number of hydrogen-bond acceptors (Lipinski definition) is 2. The van der Waals surface area contributed by atoms with E-state index in [1.165, 1.54) is 12.1 Å². The zero-order valence-corrected chi connectivity index (χ0v) is 10.6. The highest BCUT2D eigenvalue weighted by Crippen LogP contribution is 2.27. The van der Waals surface area contributed by atoms with Gasteiger partial charge in [-0.3, -0.25) is 0 Å². The van der Waals surface area contributed by atoms with E-state index in [1.807, 2.05) is 0 Å². The summed E-state index contributed by atoms with van der Waals surface area (Å²) in [5.74, 6) is -1.70. The van der Waals surface area contributed by atoms with Gasteiger partial charge in [-0.15, -0.1) is 0 Å². The second kappa shape index (κ2) is 5.52. The SMILES string of the molecule is CC(O)CNC(=O)N1CC(c2ccc(F)c(F)c2)C1. The molecule has 1 atom stereocenters. The number of hydrogen-bond donors (Lipinski definition) is 2. The van der Waals surface area contributed by atoms with Gasteiger partial charge in [0, 0.05) is 25.6 Å². The average molecular weight is 270 g/mol. The molecule has 1 unspecified atom stereocenters. The van der Waals surface area contributed by atoms with Gasteiger partial charge in [-0.05, 0) is 24.6 Å². The Morgan fingerprint density at radius 3 is 2.74 bits per heavy atom. The second-order valence-corrected chi connectivity index (χ2v) is 4.81. The van der Waals surface area contributed by atoms with Crippen LogP contribution in [0, 0.1) is 11.6 Å². The van der Waals surface area contributed by atoms with Gasteiger partial charge < -0.3 is 15.3 Å². The van der Waals surface area contributed by atoms with E-state index in [0.29, 0.717) is 18.7 Å². The average Bonchev–Trinajstić information content (AvgIpc) is 2.29. The molecule has 0 radical (unpaired) electrons. The molecule has 1 aromatic rings. The van der Waals surface area contributed by atoms with Crippen molar-refractivity contribution in [3.8, 4) is 0 Å². The van der Waals surface area contributed by atoms with Crippen molar-refractivity contribution in [2.75, 3.05) is 19.6 Å². The largest absolute Gasteiger partial charge is 0.392 e. The van der Waals surface area contributed by atoms with Crippen LogP contribution in [0.15, 0.2) is 18.2 Å². The van der Waals surface area contributed by atoms with Crippen LogP contribution in [0.5, 0.6) is 0 Å². The van der Waals surface area contributed by atoms with Crippen molar-refractivity contribution in [1.82, 2.24) is 10.2 Å². The maximum Gasteiger partial charge on any atom is 0.317 e. The van der Waals surface area contributed by atoms with Gasteiger partial charge in [-0.25, -0.2) is 13.6 Å². The van der Waals surface area contributed by atoms with Crippen molar-refractivity contribution in [2.45, 2.75) is 18.9 Å². The maximum absolute atomic E-state index is 13.1. The zero-order chi connectivity index (χ0) is 14.0. The van der Waals surface area contributed by atoms with Crippen LogP contribution in [0.1, 0.15) is 18.4 Å². The molecular formula is C13H16F2N2O2. The summed E-state index contributed by atoms with van der Waals surface area (Å²) in [4.78, 5) is 13.2. The number of carbonyl (C=O) groups is 1. The molecule has 1 heterocycles. The molecule has 2 amide bonds. The van der Waals surface area contributed by atoms with Crippen molar-refractivity contribution < 1.29 is 18.7 Å². The van der Waals surface area contributed by atoms with Gasteiger partial charge in [0.05, 0.1) is 6.10 Å². The van der Waals surface area contributed by atoms with Crippen molar-refractivity contribution in [1.29, 1.82) is 0 Å². The molecular weight excluding hydrogens is 254 g/mol. The lowest BCUT2D eigenvalue weighted by Gasteiger charge is -2.39. The molecule has 0 aliphatic carbocycles. The van der Waals surface area contributed by atoms with E-state index < -0.39 is 17.7 Å². The highest BCUT2D eigenvalue weighted by atomic mass is 19.2. The van der Waals surface area contributed by atoms with Crippen LogP contribution in [0.3, 0.4) is 0 Å². The number of aliphatic hydroxyl groups excluding tert-OH is 1. The summed E-state index contributed by atoms with van der Waals surface area (Å²) in [6, 6.07) is 3.56. The number of nitrogens with zero attached hydrogens (tertiary/aromatic N) is 1. The zero-order valence-electron chi connectivity index (χ0n) is 10.6. The summed E-state index contributed by atoms with van der Waals surface area (Å²) in [5, 5.41) is 11.6. The molecule has 0 bridgehead atoms. The highest BCUT2D eigenvalue weighted by Gasteiger charge is 2.32. The maximum atomic E-state index is 13.1. The van der Waals surface area contributed by atoms with E-state index in [9.17, 15) is 13.6 Å². The van der Waals surface area contributed by atoms with Gasteiger partial charge in [0.15, 0.2) is 11.6 Å². The summed E-state index contributed by atoms with van der Waals surface area (Å²) in [7, 11) is 0. The Hall–Kier alpha value is -1.69. The monoisotopic (exact) mass is 270 g/mol. The first-order valence-corrected chi connectivity index (χ1v) is 6.13. The molecule has 2 rings (SSSR count). The van der Waals surface area contributed by atoms with Crippen molar-refractivity contribution in [2.24, 2.45) is 0 Å². The Morgan fingerprint density at radius 1 is 1.47 bits per heavy atom. The molecule has 19 heavy (non-hydrogen) atoms. The molecule has 0 spiro atoms.